The van der Waals surface area contributed by atoms with Crippen LogP contribution in [0.5, 0.6) is 0 Å². The molecule has 2 aromatic rings. The molecule has 0 saturated heterocycles. The van der Waals surface area contributed by atoms with Crippen molar-refractivity contribution in [2.75, 3.05) is 32.7 Å². The average molecular weight is 450 g/mol. The van der Waals surface area contributed by atoms with E-state index in [4.69, 9.17) is 9.47 Å². The first-order valence-electron chi connectivity index (χ1n) is 8.45. The number of carbonyl (C=O) groups excluding carboxylic acids is 2. The number of thiazole rings is 2. The molecule has 0 unspecified atom stereocenters. The van der Waals surface area contributed by atoms with Crippen LogP contribution in [0.4, 0.5) is 9.59 Å². The number of rotatable bonds is 11. The molecule has 9 nitrogen and oxygen atoms in total. The zero-order valence-electron chi connectivity index (χ0n) is 15.5. The van der Waals surface area contributed by atoms with E-state index in [1.807, 2.05) is 6.92 Å². The summed E-state index contributed by atoms with van der Waals surface area (Å²) in [5.74, 6) is 0. The number of carbonyl (C=O) groups is 2. The highest BCUT2D eigenvalue weighted by Crippen LogP contribution is 2.07. The molecular formula is C16H24ClN5O4S2. The van der Waals surface area contributed by atoms with Gasteiger partial charge in [0.05, 0.1) is 20.8 Å². The lowest BCUT2D eigenvalue weighted by Gasteiger charge is -2.20. The Hall–Kier alpha value is -1.95. The highest BCUT2D eigenvalue weighted by molar-refractivity contribution is 7.09. The van der Waals surface area contributed by atoms with Gasteiger partial charge in [-0.3, -0.25) is 9.97 Å². The van der Waals surface area contributed by atoms with Crippen molar-refractivity contribution >= 4 is 47.3 Å². The number of aromatic nitrogens is 2. The van der Waals surface area contributed by atoms with Gasteiger partial charge in [0.25, 0.3) is 0 Å². The first kappa shape index (κ1) is 24.1. The van der Waals surface area contributed by atoms with E-state index in [-0.39, 0.29) is 25.6 Å². The van der Waals surface area contributed by atoms with Crippen LogP contribution in [0.1, 0.15) is 16.7 Å². The van der Waals surface area contributed by atoms with Gasteiger partial charge in [0.15, 0.2) is 0 Å². The van der Waals surface area contributed by atoms with Crippen LogP contribution in [0.3, 0.4) is 0 Å². The maximum atomic E-state index is 11.6. The first-order valence-corrected chi connectivity index (χ1v) is 10.2. The summed E-state index contributed by atoms with van der Waals surface area (Å²) in [5.41, 5.74) is 3.39. The molecule has 2 heterocycles. The van der Waals surface area contributed by atoms with Gasteiger partial charge >= 0.3 is 12.2 Å². The molecule has 0 bridgehead atoms. The number of nitrogens with one attached hydrogen (secondary N) is 2. The second kappa shape index (κ2) is 14.1. The Bertz CT molecular complexity index is 616. The zero-order valence-corrected chi connectivity index (χ0v) is 17.9. The second-order valence-electron chi connectivity index (χ2n) is 5.38. The molecule has 0 spiro atoms. The van der Waals surface area contributed by atoms with Crippen LogP contribution >= 0.6 is 35.1 Å². The first-order chi connectivity index (χ1) is 13.2. The van der Waals surface area contributed by atoms with Gasteiger partial charge in [0, 0.05) is 38.6 Å². The number of nitrogens with zero attached hydrogens (tertiary/aromatic N) is 3. The molecule has 12 heteroatoms. The minimum atomic E-state index is -0.454. The third kappa shape index (κ3) is 9.83. The van der Waals surface area contributed by atoms with Gasteiger partial charge < -0.3 is 25.0 Å². The van der Waals surface area contributed by atoms with Crippen molar-refractivity contribution in [2.24, 2.45) is 0 Å². The minimum Gasteiger partial charge on any atom is -0.444 e. The van der Waals surface area contributed by atoms with E-state index in [1.165, 1.54) is 22.7 Å². The smallest absolute Gasteiger partial charge is 0.407 e. The Morgan fingerprint density at radius 1 is 0.964 bits per heavy atom. The molecule has 2 rings (SSSR count). The molecule has 156 valence electrons. The summed E-state index contributed by atoms with van der Waals surface area (Å²) < 4.78 is 10.2. The Morgan fingerprint density at radius 2 is 1.43 bits per heavy atom. The molecule has 2 amide bonds. The van der Waals surface area contributed by atoms with Crippen molar-refractivity contribution in [3.63, 3.8) is 0 Å². The number of hydrogen-bond donors (Lipinski definition) is 2. The van der Waals surface area contributed by atoms with Gasteiger partial charge in [-0.05, 0) is 6.54 Å². The number of amides is 2. The fourth-order valence-corrected chi connectivity index (χ4v) is 3.07. The van der Waals surface area contributed by atoms with E-state index in [2.05, 4.69) is 25.5 Å². The van der Waals surface area contributed by atoms with Crippen LogP contribution in [0.25, 0.3) is 0 Å². The Labute approximate surface area is 177 Å². The summed E-state index contributed by atoms with van der Waals surface area (Å²) in [6, 6.07) is 0. The molecule has 0 fully saturated rings. The monoisotopic (exact) mass is 449 g/mol. The second-order valence-corrected chi connectivity index (χ2v) is 7.32. The number of likely N-dealkylation sites (N-methyl/N-ethyl adjacent to an activating group) is 1. The molecule has 0 aliphatic rings. The lowest BCUT2D eigenvalue weighted by molar-refractivity contribution is 0.137. The van der Waals surface area contributed by atoms with E-state index in [0.29, 0.717) is 26.2 Å². The van der Waals surface area contributed by atoms with E-state index in [0.717, 1.165) is 16.3 Å². The molecule has 28 heavy (non-hydrogen) atoms. The summed E-state index contributed by atoms with van der Waals surface area (Å²) in [7, 11) is 0. The van der Waals surface area contributed by atoms with E-state index in [9.17, 15) is 9.59 Å². The van der Waals surface area contributed by atoms with Crippen LogP contribution in [-0.2, 0) is 22.7 Å². The third-order valence-corrected chi connectivity index (χ3v) is 5.01. The Morgan fingerprint density at radius 3 is 1.79 bits per heavy atom. The fourth-order valence-electron chi connectivity index (χ4n) is 2.06. The largest absolute Gasteiger partial charge is 0.444 e. The quantitative estimate of drug-likeness (QED) is 0.542. The number of hydrogen-bond acceptors (Lipinski definition) is 9. The van der Waals surface area contributed by atoms with Gasteiger partial charge in [-0.15, -0.1) is 35.1 Å². The van der Waals surface area contributed by atoms with Crippen molar-refractivity contribution in [1.82, 2.24) is 25.5 Å². The minimum absolute atomic E-state index is 0. The number of ether oxygens (including phenoxy) is 2. The Kier molecular flexibility index (Phi) is 12.1. The number of halogens is 1. The lowest BCUT2D eigenvalue weighted by atomic mass is 10.4. The average Bonchev–Trinajstić information content (AvgIpc) is 3.37. The molecule has 0 saturated carbocycles. The summed E-state index contributed by atoms with van der Waals surface area (Å²) in [5, 5.41) is 5.42. The van der Waals surface area contributed by atoms with Gasteiger partial charge in [0.2, 0.25) is 0 Å². The van der Waals surface area contributed by atoms with Crippen molar-refractivity contribution in [3.05, 3.63) is 33.2 Å². The molecule has 0 aliphatic heterocycles. The molecule has 0 aliphatic carbocycles. The van der Waals surface area contributed by atoms with Gasteiger partial charge in [0.1, 0.15) is 13.2 Å². The molecule has 0 radical (unpaired) electrons. The summed E-state index contributed by atoms with van der Waals surface area (Å²) in [6.45, 7) is 5.51. The van der Waals surface area contributed by atoms with Crippen molar-refractivity contribution in [1.29, 1.82) is 0 Å². The van der Waals surface area contributed by atoms with E-state index >= 15 is 0 Å². The van der Waals surface area contributed by atoms with Crippen LogP contribution in [0, 0.1) is 0 Å². The predicted molar refractivity (Wildman–Crippen MR) is 110 cm³/mol. The predicted octanol–water partition coefficient (Wildman–Crippen LogP) is 2.50. The molecule has 0 aromatic carbocycles. The van der Waals surface area contributed by atoms with Crippen molar-refractivity contribution in [2.45, 2.75) is 20.1 Å². The maximum Gasteiger partial charge on any atom is 0.407 e. The van der Waals surface area contributed by atoms with Crippen LogP contribution in [0.2, 0.25) is 0 Å². The SMILES string of the molecule is CCN(CCNC(=O)OCc1cncs1)CCNC(=O)OCc1cncs1.Cl. The molecule has 0 atom stereocenters. The van der Waals surface area contributed by atoms with E-state index < -0.39 is 12.2 Å². The van der Waals surface area contributed by atoms with Crippen LogP contribution in [-0.4, -0.2) is 59.8 Å². The standard InChI is InChI=1S/C16H23N5O4S2.ClH/c1-2-21(5-3-19-15(22)24-9-13-7-17-11-26-13)6-4-20-16(23)25-10-14-8-18-12-27-14;/h7-8,11-12H,2-6,9-10H2,1H3,(H,19,22)(H,20,23);1H. The molecular weight excluding hydrogens is 426 g/mol. The normalized spacial score (nSPS) is 10.2. The maximum absolute atomic E-state index is 11.6. The topological polar surface area (TPSA) is 106 Å². The molecule has 2 aromatic heterocycles. The summed E-state index contributed by atoms with van der Waals surface area (Å²) in [4.78, 5) is 35.0. The molecule has 2 N–H and O–H groups in total. The fraction of sp³-hybridized carbons (Fsp3) is 0.500. The Balaban J connectivity index is 0.00000392. The summed E-state index contributed by atoms with van der Waals surface area (Å²) in [6.07, 6.45) is 2.44. The van der Waals surface area contributed by atoms with Gasteiger partial charge in [-0.25, -0.2) is 9.59 Å². The van der Waals surface area contributed by atoms with Crippen LogP contribution < -0.4 is 10.6 Å². The van der Waals surface area contributed by atoms with Gasteiger partial charge in [-0.1, -0.05) is 6.92 Å². The van der Waals surface area contributed by atoms with Gasteiger partial charge in [-0.2, -0.15) is 0 Å². The number of alkyl carbamates (subject to hydrolysis) is 2. The third-order valence-electron chi connectivity index (χ3n) is 3.50. The summed E-state index contributed by atoms with van der Waals surface area (Å²) >= 11 is 2.88. The van der Waals surface area contributed by atoms with E-state index in [1.54, 1.807) is 23.4 Å². The highest BCUT2D eigenvalue weighted by atomic mass is 35.5. The zero-order chi connectivity index (χ0) is 19.3. The van der Waals surface area contributed by atoms with Crippen molar-refractivity contribution in [3.8, 4) is 0 Å². The van der Waals surface area contributed by atoms with Crippen molar-refractivity contribution < 1.29 is 19.1 Å². The lowest BCUT2D eigenvalue weighted by Crippen LogP contribution is -2.39. The highest BCUT2D eigenvalue weighted by Gasteiger charge is 2.08. The van der Waals surface area contributed by atoms with Crippen LogP contribution in [0.15, 0.2) is 23.4 Å².